The Morgan fingerprint density at radius 2 is 2.00 bits per heavy atom. The lowest BCUT2D eigenvalue weighted by Crippen LogP contribution is -2.06. The highest BCUT2D eigenvalue weighted by Crippen LogP contribution is 2.50. The molecule has 0 unspecified atom stereocenters. The number of benzene rings is 1. The van der Waals surface area contributed by atoms with Crippen LogP contribution in [0, 0.1) is 0 Å². The van der Waals surface area contributed by atoms with E-state index < -0.39 is 5.97 Å². The first-order chi connectivity index (χ1) is 13.5. The SMILES string of the molecule is CC1(c2[nH]c3cc(C4CC4)ccc3c2Cc2cccc(CCC(=O)O)n2)CC1. The van der Waals surface area contributed by atoms with Crippen LogP contribution in [-0.4, -0.2) is 21.0 Å². The van der Waals surface area contributed by atoms with E-state index in [-0.39, 0.29) is 11.8 Å². The number of carboxylic acids is 1. The van der Waals surface area contributed by atoms with Crippen LogP contribution in [0.3, 0.4) is 0 Å². The normalized spacial score (nSPS) is 17.8. The topological polar surface area (TPSA) is 66.0 Å². The van der Waals surface area contributed by atoms with Crippen LogP contribution in [0.15, 0.2) is 36.4 Å². The van der Waals surface area contributed by atoms with Gasteiger partial charge in [0.25, 0.3) is 0 Å². The van der Waals surface area contributed by atoms with E-state index in [2.05, 4.69) is 36.2 Å². The third-order valence-electron chi connectivity index (χ3n) is 6.40. The van der Waals surface area contributed by atoms with Crippen molar-refractivity contribution in [2.24, 2.45) is 0 Å². The minimum absolute atomic E-state index is 0.122. The van der Waals surface area contributed by atoms with Gasteiger partial charge in [0.2, 0.25) is 0 Å². The van der Waals surface area contributed by atoms with Crippen molar-refractivity contribution in [1.82, 2.24) is 9.97 Å². The highest BCUT2D eigenvalue weighted by Gasteiger charge is 2.42. The van der Waals surface area contributed by atoms with Gasteiger partial charge >= 0.3 is 5.97 Å². The maximum Gasteiger partial charge on any atom is 0.303 e. The van der Waals surface area contributed by atoms with E-state index in [4.69, 9.17) is 10.1 Å². The van der Waals surface area contributed by atoms with Gasteiger partial charge in [0, 0.05) is 46.2 Å². The van der Waals surface area contributed by atoms with Crippen LogP contribution in [0.25, 0.3) is 10.9 Å². The van der Waals surface area contributed by atoms with Crippen molar-refractivity contribution in [3.8, 4) is 0 Å². The molecule has 1 aromatic carbocycles. The van der Waals surface area contributed by atoms with E-state index in [1.807, 2.05) is 12.1 Å². The minimum atomic E-state index is -0.778. The first-order valence-electron chi connectivity index (χ1n) is 10.3. The number of rotatable bonds is 7. The molecule has 2 aliphatic carbocycles. The molecule has 2 aromatic heterocycles. The molecule has 0 atom stereocenters. The van der Waals surface area contributed by atoms with E-state index in [1.165, 1.54) is 53.4 Å². The lowest BCUT2D eigenvalue weighted by atomic mass is 9.95. The third kappa shape index (κ3) is 3.32. The Morgan fingerprint density at radius 1 is 1.21 bits per heavy atom. The summed E-state index contributed by atoms with van der Waals surface area (Å²) in [5.74, 6) is -0.0251. The molecule has 3 aromatic rings. The Bertz CT molecular complexity index is 1060. The molecule has 2 saturated carbocycles. The second-order valence-corrected chi connectivity index (χ2v) is 8.81. The molecular formula is C24H26N2O2. The van der Waals surface area contributed by atoms with Gasteiger partial charge in [-0.3, -0.25) is 9.78 Å². The Morgan fingerprint density at radius 3 is 2.71 bits per heavy atom. The van der Waals surface area contributed by atoms with Gasteiger partial charge in [0.1, 0.15) is 0 Å². The molecule has 0 aliphatic heterocycles. The van der Waals surface area contributed by atoms with Gasteiger partial charge in [-0.1, -0.05) is 25.1 Å². The Kier molecular flexibility index (Phi) is 4.04. The average molecular weight is 374 g/mol. The van der Waals surface area contributed by atoms with E-state index in [1.54, 1.807) is 0 Å². The predicted molar refractivity (Wildman–Crippen MR) is 110 cm³/mol. The summed E-state index contributed by atoms with van der Waals surface area (Å²) in [7, 11) is 0. The summed E-state index contributed by atoms with van der Waals surface area (Å²) in [5.41, 5.74) is 7.57. The van der Waals surface area contributed by atoms with Crippen LogP contribution in [-0.2, 0) is 23.1 Å². The van der Waals surface area contributed by atoms with Gasteiger partial charge in [0.05, 0.1) is 6.42 Å². The van der Waals surface area contributed by atoms with Crippen molar-refractivity contribution >= 4 is 16.9 Å². The van der Waals surface area contributed by atoms with Crippen LogP contribution in [0.5, 0.6) is 0 Å². The number of nitrogens with zero attached hydrogens (tertiary/aromatic N) is 1. The van der Waals surface area contributed by atoms with Crippen molar-refractivity contribution in [3.05, 3.63) is 64.6 Å². The first kappa shape index (κ1) is 17.5. The summed E-state index contributed by atoms with van der Waals surface area (Å²) in [6.07, 6.45) is 6.48. The van der Waals surface area contributed by atoms with E-state index >= 15 is 0 Å². The molecule has 0 spiro atoms. The van der Waals surface area contributed by atoms with Crippen LogP contribution in [0.1, 0.15) is 73.2 Å². The number of aliphatic carboxylic acids is 1. The zero-order chi connectivity index (χ0) is 19.3. The average Bonchev–Trinajstić information content (AvgIpc) is 3.61. The summed E-state index contributed by atoms with van der Waals surface area (Å²) in [6, 6.07) is 12.9. The third-order valence-corrected chi connectivity index (χ3v) is 6.40. The largest absolute Gasteiger partial charge is 0.481 e. The van der Waals surface area contributed by atoms with Crippen LogP contribution in [0.4, 0.5) is 0 Å². The Hall–Kier alpha value is -2.62. The van der Waals surface area contributed by atoms with Crippen molar-refractivity contribution in [2.75, 3.05) is 0 Å². The highest BCUT2D eigenvalue weighted by atomic mass is 16.4. The molecule has 2 heterocycles. The highest BCUT2D eigenvalue weighted by molar-refractivity contribution is 5.86. The quantitative estimate of drug-likeness (QED) is 0.605. The van der Waals surface area contributed by atoms with E-state index in [0.717, 1.165) is 23.7 Å². The zero-order valence-electron chi connectivity index (χ0n) is 16.3. The molecule has 28 heavy (non-hydrogen) atoms. The number of fused-ring (bicyclic) bond motifs is 1. The molecule has 5 rings (SSSR count). The fraction of sp³-hybridized carbons (Fsp3) is 0.417. The monoisotopic (exact) mass is 374 g/mol. The fourth-order valence-electron chi connectivity index (χ4n) is 4.26. The van der Waals surface area contributed by atoms with Gasteiger partial charge in [-0.05, 0) is 60.9 Å². The maximum absolute atomic E-state index is 10.9. The lowest BCUT2D eigenvalue weighted by molar-refractivity contribution is -0.136. The number of aryl methyl sites for hydroxylation is 1. The van der Waals surface area contributed by atoms with Crippen LogP contribution >= 0.6 is 0 Å². The molecule has 2 aliphatic rings. The number of carbonyl (C=O) groups is 1. The summed E-state index contributed by atoms with van der Waals surface area (Å²) in [6.45, 7) is 2.35. The molecule has 2 N–H and O–H groups in total. The van der Waals surface area contributed by atoms with E-state index in [9.17, 15) is 4.79 Å². The van der Waals surface area contributed by atoms with Gasteiger partial charge in [0.15, 0.2) is 0 Å². The number of pyridine rings is 1. The predicted octanol–water partition coefficient (Wildman–Crippen LogP) is 5.10. The van der Waals surface area contributed by atoms with Crippen molar-refractivity contribution in [2.45, 2.75) is 63.2 Å². The summed E-state index contributed by atoms with van der Waals surface area (Å²) in [5, 5.41) is 10.2. The molecule has 0 saturated heterocycles. The molecule has 144 valence electrons. The molecule has 4 heteroatoms. The van der Waals surface area contributed by atoms with Crippen molar-refractivity contribution in [3.63, 3.8) is 0 Å². The van der Waals surface area contributed by atoms with Crippen molar-refractivity contribution < 1.29 is 9.90 Å². The number of nitrogens with one attached hydrogen (secondary N) is 1. The zero-order valence-corrected chi connectivity index (χ0v) is 16.3. The number of H-pyrrole nitrogens is 1. The second kappa shape index (κ2) is 6.47. The van der Waals surface area contributed by atoms with Gasteiger partial charge in [-0.25, -0.2) is 0 Å². The number of aromatic amines is 1. The molecule has 4 nitrogen and oxygen atoms in total. The molecule has 0 bridgehead atoms. The van der Waals surface area contributed by atoms with Crippen LogP contribution in [0.2, 0.25) is 0 Å². The maximum atomic E-state index is 10.9. The minimum Gasteiger partial charge on any atom is -0.481 e. The second-order valence-electron chi connectivity index (χ2n) is 8.81. The summed E-state index contributed by atoms with van der Waals surface area (Å²) in [4.78, 5) is 19.4. The number of hydrogen-bond donors (Lipinski definition) is 2. The molecule has 0 amide bonds. The molecule has 2 fully saturated rings. The summed E-state index contributed by atoms with van der Waals surface area (Å²) < 4.78 is 0. The van der Waals surface area contributed by atoms with Gasteiger partial charge in [-0.15, -0.1) is 0 Å². The van der Waals surface area contributed by atoms with Crippen molar-refractivity contribution in [1.29, 1.82) is 0 Å². The van der Waals surface area contributed by atoms with Crippen LogP contribution < -0.4 is 0 Å². The molecular weight excluding hydrogens is 348 g/mol. The smallest absolute Gasteiger partial charge is 0.303 e. The number of aromatic nitrogens is 2. The Labute approximate surface area is 165 Å². The molecule has 0 radical (unpaired) electrons. The lowest BCUT2D eigenvalue weighted by Gasteiger charge is -2.11. The Balaban J connectivity index is 1.51. The van der Waals surface area contributed by atoms with Gasteiger partial charge in [-0.2, -0.15) is 0 Å². The number of hydrogen-bond acceptors (Lipinski definition) is 2. The van der Waals surface area contributed by atoms with Gasteiger partial charge < -0.3 is 10.1 Å². The van der Waals surface area contributed by atoms with E-state index in [0.29, 0.717) is 6.42 Å². The first-order valence-corrected chi connectivity index (χ1v) is 10.3. The standard InChI is InChI=1S/C24H26N2O2/c1-24(11-12-24)23-20(14-18-4-2-3-17(25-18)8-10-22(27)28)19-9-7-16(15-5-6-15)13-21(19)26-23/h2-4,7,9,13,15,26H,5-6,8,10-12,14H2,1H3,(H,27,28). The fourth-order valence-corrected chi connectivity index (χ4v) is 4.26. The summed E-state index contributed by atoms with van der Waals surface area (Å²) >= 11 is 0. The number of carboxylic acid groups (broad SMARTS) is 1.